The number of nitrogens with one attached hydrogen (secondary N) is 1. The van der Waals surface area contributed by atoms with Gasteiger partial charge in [0.25, 0.3) is 0 Å². The van der Waals surface area contributed by atoms with Gasteiger partial charge in [-0.25, -0.2) is 0 Å². The maximum absolute atomic E-state index is 3.42. The second-order valence-corrected chi connectivity index (χ2v) is 3.27. The Hall–Kier alpha value is 0.440. The first-order valence-electron chi connectivity index (χ1n) is 3.51. The molecule has 0 aromatic rings. The van der Waals surface area contributed by atoms with Crippen molar-refractivity contribution in [2.75, 3.05) is 18.9 Å². The zero-order chi connectivity index (χ0) is 7.11. The number of rotatable bonds is 5. The fourth-order valence-electron chi connectivity index (χ4n) is 0.721. The summed E-state index contributed by atoms with van der Waals surface area (Å²) in [6, 6.07) is 0. The molecular formula is C7H16BrN. The van der Waals surface area contributed by atoms with Crippen LogP contribution in [-0.2, 0) is 0 Å². The van der Waals surface area contributed by atoms with Gasteiger partial charge in [0, 0.05) is 5.33 Å². The molecule has 0 saturated carbocycles. The maximum Gasteiger partial charge on any atom is 0.00338 e. The minimum Gasteiger partial charge on any atom is -0.320 e. The molecule has 0 aromatic heterocycles. The number of hydrogen-bond acceptors (Lipinski definition) is 1. The van der Waals surface area contributed by atoms with E-state index in [1.807, 2.05) is 7.05 Å². The molecule has 0 aromatic carbocycles. The van der Waals surface area contributed by atoms with E-state index in [9.17, 15) is 0 Å². The largest absolute Gasteiger partial charge is 0.320 e. The van der Waals surface area contributed by atoms with Gasteiger partial charge >= 0.3 is 0 Å². The van der Waals surface area contributed by atoms with Crippen molar-refractivity contribution >= 4 is 15.9 Å². The van der Waals surface area contributed by atoms with Crippen LogP contribution >= 0.6 is 15.9 Å². The van der Waals surface area contributed by atoms with Crippen molar-refractivity contribution in [2.45, 2.75) is 19.8 Å². The molecule has 0 heterocycles. The molecule has 9 heavy (non-hydrogen) atoms. The predicted molar refractivity (Wildman–Crippen MR) is 46.1 cm³/mol. The van der Waals surface area contributed by atoms with Crippen LogP contribution < -0.4 is 5.32 Å². The molecule has 0 amide bonds. The summed E-state index contributed by atoms with van der Waals surface area (Å²) in [7, 11) is 2.00. The Morgan fingerprint density at radius 2 is 2.11 bits per heavy atom. The summed E-state index contributed by atoms with van der Waals surface area (Å²) in [5.74, 6) is 0.858. The first-order valence-corrected chi connectivity index (χ1v) is 4.64. The van der Waals surface area contributed by atoms with Gasteiger partial charge in [-0.05, 0) is 32.4 Å². The van der Waals surface area contributed by atoms with E-state index in [-0.39, 0.29) is 0 Å². The summed E-state index contributed by atoms with van der Waals surface area (Å²) in [5, 5.41) is 4.28. The summed E-state index contributed by atoms with van der Waals surface area (Å²) in [6.45, 7) is 3.44. The van der Waals surface area contributed by atoms with Gasteiger partial charge < -0.3 is 5.32 Å². The highest BCUT2D eigenvalue weighted by Gasteiger charge is 1.97. The van der Waals surface area contributed by atoms with Gasteiger partial charge in [0.05, 0.1) is 0 Å². The first kappa shape index (κ1) is 9.44. The van der Waals surface area contributed by atoms with Crippen molar-refractivity contribution in [3.63, 3.8) is 0 Å². The molecular weight excluding hydrogens is 178 g/mol. The average molecular weight is 194 g/mol. The van der Waals surface area contributed by atoms with E-state index < -0.39 is 0 Å². The molecule has 0 aliphatic carbocycles. The van der Waals surface area contributed by atoms with Crippen LogP contribution in [0.3, 0.4) is 0 Å². The molecule has 0 radical (unpaired) electrons. The lowest BCUT2D eigenvalue weighted by Crippen LogP contribution is -2.11. The van der Waals surface area contributed by atoms with Crippen molar-refractivity contribution in [1.29, 1.82) is 0 Å². The molecule has 56 valence electrons. The smallest absolute Gasteiger partial charge is 0.00338 e. The van der Waals surface area contributed by atoms with Gasteiger partial charge in [-0.3, -0.25) is 0 Å². The number of hydrogen-bond donors (Lipinski definition) is 1. The molecule has 0 aliphatic rings. The number of halogens is 1. The molecule has 1 N–H and O–H groups in total. The summed E-state index contributed by atoms with van der Waals surface area (Å²) < 4.78 is 0. The first-order chi connectivity index (χ1) is 4.31. The fourth-order valence-corrected chi connectivity index (χ4v) is 1.50. The van der Waals surface area contributed by atoms with Crippen LogP contribution in [0, 0.1) is 5.92 Å². The van der Waals surface area contributed by atoms with E-state index in [1.165, 1.54) is 12.8 Å². The Balaban J connectivity index is 2.95. The zero-order valence-corrected chi connectivity index (χ0v) is 7.87. The molecule has 2 heteroatoms. The minimum atomic E-state index is 0.858. The molecule has 0 spiro atoms. The van der Waals surface area contributed by atoms with Crippen molar-refractivity contribution in [2.24, 2.45) is 5.92 Å². The van der Waals surface area contributed by atoms with Gasteiger partial charge in [-0.1, -0.05) is 22.9 Å². The fraction of sp³-hybridized carbons (Fsp3) is 1.00. The average Bonchev–Trinajstić information content (AvgIpc) is 1.85. The van der Waals surface area contributed by atoms with E-state index in [1.54, 1.807) is 0 Å². The van der Waals surface area contributed by atoms with Gasteiger partial charge in [-0.2, -0.15) is 0 Å². The Morgan fingerprint density at radius 1 is 1.44 bits per heavy atom. The van der Waals surface area contributed by atoms with Gasteiger partial charge in [0.15, 0.2) is 0 Å². The highest BCUT2D eigenvalue weighted by Crippen LogP contribution is 2.07. The molecule has 0 fully saturated rings. The highest BCUT2D eigenvalue weighted by molar-refractivity contribution is 9.09. The van der Waals surface area contributed by atoms with E-state index in [4.69, 9.17) is 0 Å². The number of alkyl halides is 1. The summed E-state index contributed by atoms with van der Waals surface area (Å²) in [5.41, 5.74) is 0. The predicted octanol–water partition coefficient (Wildman–Crippen LogP) is 2.02. The van der Waals surface area contributed by atoms with Crippen molar-refractivity contribution < 1.29 is 0 Å². The lowest BCUT2D eigenvalue weighted by molar-refractivity contribution is 0.507. The van der Waals surface area contributed by atoms with E-state index in [2.05, 4.69) is 28.2 Å². The summed E-state index contributed by atoms with van der Waals surface area (Å²) >= 11 is 3.42. The third-order valence-corrected chi connectivity index (χ3v) is 1.95. The van der Waals surface area contributed by atoms with Crippen LogP contribution in [0.5, 0.6) is 0 Å². The highest BCUT2D eigenvalue weighted by atomic mass is 79.9. The van der Waals surface area contributed by atoms with Crippen molar-refractivity contribution in [3.8, 4) is 0 Å². The molecule has 0 saturated heterocycles. The Morgan fingerprint density at radius 3 is 2.56 bits per heavy atom. The van der Waals surface area contributed by atoms with Gasteiger partial charge in [0.1, 0.15) is 0 Å². The third-order valence-electron chi connectivity index (χ3n) is 1.49. The molecule has 0 rings (SSSR count). The maximum atomic E-state index is 3.42. The minimum absolute atomic E-state index is 0.858. The second kappa shape index (κ2) is 6.56. The Kier molecular flexibility index (Phi) is 6.88. The van der Waals surface area contributed by atoms with Crippen molar-refractivity contribution in [1.82, 2.24) is 5.32 Å². The van der Waals surface area contributed by atoms with Crippen LogP contribution in [0.2, 0.25) is 0 Å². The van der Waals surface area contributed by atoms with Crippen LogP contribution in [0.15, 0.2) is 0 Å². The topological polar surface area (TPSA) is 12.0 Å². The standard InChI is InChI=1S/C7H16BrN/c1-7(3-5-8)4-6-9-2/h7,9H,3-6H2,1-2H3. The normalized spacial score (nSPS) is 13.7. The zero-order valence-electron chi connectivity index (χ0n) is 6.28. The lowest BCUT2D eigenvalue weighted by Gasteiger charge is -2.07. The molecule has 0 bridgehead atoms. The lowest BCUT2D eigenvalue weighted by atomic mass is 10.1. The SMILES string of the molecule is CNCCC(C)CCBr. The van der Waals surface area contributed by atoms with Crippen LogP contribution in [0.4, 0.5) is 0 Å². The van der Waals surface area contributed by atoms with Crippen molar-refractivity contribution in [3.05, 3.63) is 0 Å². The van der Waals surface area contributed by atoms with Crippen LogP contribution in [0.25, 0.3) is 0 Å². The summed E-state index contributed by atoms with van der Waals surface area (Å²) in [6.07, 6.45) is 2.59. The van der Waals surface area contributed by atoms with Gasteiger partial charge in [-0.15, -0.1) is 0 Å². The monoisotopic (exact) mass is 193 g/mol. The molecule has 1 nitrogen and oxygen atoms in total. The summed E-state index contributed by atoms with van der Waals surface area (Å²) in [4.78, 5) is 0. The Bertz CT molecular complexity index is 56.9. The third kappa shape index (κ3) is 6.32. The van der Waals surface area contributed by atoms with E-state index >= 15 is 0 Å². The van der Waals surface area contributed by atoms with E-state index in [0.29, 0.717) is 0 Å². The molecule has 0 aliphatic heterocycles. The van der Waals surface area contributed by atoms with Gasteiger partial charge in [0.2, 0.25) is 0 Å². The second-order valence-electron chi connectivity index (χ2n) is 2.48. The molecule has 1 unspecified atom stereocenters. The van der Waals surface area contributed by atoms with Crippen LogP contribution in [0.1, 0.15) is 19.8 Å². The molecule has 1 atom stereocenters. The van der Waals surface area contributed by atoms with Crippen LogP contribution in [-0.4, -0.2) is 18.9 Å². The quantitative estimate of drug-likeness (QED) is 0.660. The Labute approximate surface area is 66.3 Å². The van der Waals surface area contributed by atoms with E-state index in [0.717, 1.165) is 17.8 Å².